The number of oxime groups is 2. The molecule has 0 atom stereocenters. The van der Waals surface area contributed by atoms with E-state index < -0.39 is 0 Å². The van der Waals surface area contributed by atoms with Gasteiger partial charge in [-0.3, -0.25) is 0 Å². The minimum absolute atomic E-state index is 0. The smallest absolute Gasteiger partial charge is 0.101 e. The summed E-state index contributed by atoms with van der Waals surface area (Å²) < 4.78 is 0. The van der Waals surface area contributed by atoms with Crippen LogP contribution in [0.5, 0.6) is 0 Å². The van der Waals surface area contributed by atoms with E-state index in [0.717, 1.165) is 0 Å². The Morgan fingerprint density at radius 1 is 1.00 bits per heavy atom. The molecule has 0 aromatic carbocycles. The Bertz CT molecular complexity index is 117. The van der Waals surface area contributed by atoms with Gasteiger partial charge in [-0.2, -0.15) is 0 Å². The van der Waals surface area contributed by atoms with Crippen molar-refractivity contribution in [2.45, 2.75) is 13.8 Å². The molecule has 0 aromatic rings. The van der Waals surface area contributed by atoms with Gasteiger partial charge in [-0.25, -0.2) is 0 Å². The van der Waals surface area contributed by atoms with E-state index in [1.165, 1.54) is 13.8 Å². The molecule has 9 heavy (non-hydrogen) atoms. The fraction of sp³-hybridized carbons (Fsp3) is 0.500. The Balaban J connectivity index is 0. The Kier molecular flexibility index (Phi) is 7.89. The molecule has 0 bridgehead atoms. The summed E-state index contributed by atoms with van der Waals surface area (Å²) in [6, 6.07) is 0. The maximum atomic E-state index is 8.03. The summed E-state index contributed by atoms with van der Waals surface area (Å²) >= 11 is 0. The van der Waals surface area contributed by atoms with E-state index in [1.54, 1.807) is 0 Å². The van der Waals surface area contributed by atoms with Crippen molar-refractivity contribution in [3.05, 3.63) is 0 Å². The second-order valence-electron chi connectivity index (χ2n) is 1.37. The van der Waals surface area contributed by atoms with Crippen LogP contribution in [0.25, 0.3) is 0 Å². The number of rotatable bonds is 1. The van der Waals surface area contributed by atoms with Crippen LogP contribution in [0.15, 0.2) is 10.3 Å². The summed E-state index contributed by atoms with van der Waals surface area (Å²) in [6.07, 6.45) is 0. The minimum Gasteiger partial charge on any atom is -0.411 e. The van der Waals surface area contributed by atoms with Crippen LogP contribution in [0.3, 0.4) is 0 Å². The summed E-state index contributed by atoms with van der Waals surface area (Å²) in [7, 11) is 0. The SMILES string of the molecule is CC(=NO)C(C)=NO.[Na]. The molecule has 0 fully saturated rings. The second kappa shape index (κ2) is 6.07. The first-order valence-electron chi connectivity index (χ1n) is 2.10. The zero-order valence-electron chi connectivity index (χ0n) is 5.79. The van der Waals surface area contributed by atoms with Gasteiger partial charge in [0.25, 0.3) is 0 Å². The molecule has 0 aliphatic carbocycles. The van der Waals surface area contributed by atoms with Gasteiger partial charge in [0.05, 0.1) is 0 Å². The standard InChI is InChI=1S/C4H8N2O2.Na/c1-3(5-7)4(2)6-8;/h7-8H,1-2H3;. The van der Waals surface area contributed by atoms with Crippen LogP contribution >= 0.6 is 0 Å². The summed E-state index contributed by atoms with van der Waals surface area (Å²) in [5.74, 6) is 0. The third-order valence-electron chi connectivity index (χ3n) is 0.824. The number of hydrogen-bond acceptors (Lipinski definition) is 4. The van der Waals surface area contributed by atoms with Crippen LogP contribution in [-0.4, -0.2) is 51.4 Å². The van der Waals surface area contributed by atoms with Gasteiger partial charge >= 0.3 is 0 Å². The minimum atomic E-state index is 0. The van der Waals surface area contributed by atoms with E-state index in [1.807, 2.05) is 0 Å². The maximum absolute atomic E-state index is 8.03. The second-order valence-corrected chi connectivity index (χ2v) is 1.37. The predicted octanol–water partition coefficient (Wildman–Crippen LogP) is 0.306. The van der Waals surface area contributed by atoms with Crippen molar-refractivity contribution in [3.63, 3.8) is 0 Å². The molecule has 0 aliphatic rings. The maximum Gasteiger partial charge on any atom is 0.101 e. The predicted molar refractivity (Wildman–Crippen MR) is 35.5 cm³/mol. The largest absolute Gasteiger partial charge is 0.411 e. The van der Waals surface area contributed by atoms with Crippen molar-refractivity contribution in [3.8, 4) is 0 Å². The van der Waals surface area contributed by atoms with Gasteiger partial charge in [0.2, 0.25) is 0 Å². The Labute approximate surface area is 75.5 Å². The van der Waals surface area contributed by atoms with Crippen molar-refractivity contribution in [2.75, 3.05) is 0 Å². The molecule has 0 aliphatic heterocycles. The summed E-state index contributed by atoms with van der Waals surface area (Å²) in [6.45, 7) is 3.07. The van der Waals surface area contributed by atoms with E-state index in [9.17, 15) is 0 Å². The number of hydrogen-bond donors (Lipinski definition) is 2. The molecule has 0 spiro atoms. The molecule has 47 valence electrons. The van der Waals surface area contributed by atoms with E-state index in [0.29, 0.717) is 11.4 Å². The molecule has 0 saturated heterocycles. The van der Waals surface area contributed by atoms with Gasteiger partial charge in [-0.1, -0.05) is 10.3 Å². The molecular weight excluding hydrogens is 131 g/mol. The first-order chi connectivity index (χ1) is 3.72. The Hall–Kier alpha value is -0.0600. The van der Waals surface area contributed by atoms with Crippen LogP contribution in [0.4, 0.5) is 0 Å². The van der Waals surface area contributed by atoms with Crippen molar-refractivity contribution in [2.24, 2.45) is 10.3 Å². The molecule has 0 heterocycles. The van der Waals surface area contributed by atoms with Crippen LogP contribution in [0, 0.1) is 0 Å². The molecule has 1 radical (unpaired) electrons. The third-order valence-corrected chi connectivity index (χ3v) is 0.824. The summed E-state index contributed by atoms with van der Waals surface area (Å²) in [5, 5.41) is 21.6. The van der Waals surface area contributed by atoms with Gasteiger partial charge in [0.1, 0.15) is 11.4 Å². The van der Waals surface area contributed by atoms with Gasteiger partial charge in [0.15, 0.2) is 0 Å². The van der Waals surface area contributed by atoms with Crippen LogP contribution in [0.2, 0.25) is 0 Å². The van der Waals surface area contributed by atoms with Crippen molar-refractivity contribution >= 4 is 41.0 Å². The quantitative estimate of drug-likeness (QED) is 0.237. The molecule has 0 aromatic heterocycles. The average molecular weight is 139 g/mol. The van der Waals surface area contributed by atoms with Gasteiger partial charge in [-0.15, -0.1) is 0 Å². The average Bonchev–Trinajstić information content (AvgIpc) is 1.84. The summed E-state index contributed by atoms with van der Waals surface area (Å²) in [4.78, 5) is 0. The zero-order chi connectivity index (χ0) is 6.57. The molecule has 0 unspecified atom stereocenters. The molecule has 4 nitrogen and oxygen atoms in total. The molecule has 0 rings (SSSR count). The van der Waals surface area contributed by atoms with Gasteiger partial charge < -0.3 is 10.4 Å². The first kappa shape index (κ1) is 11.7. The van der Waals surface area contributed by atoms with E-state index in [4.69, 9.17) is 10.4 Å². The monoisotopic (exact) mass is 139 g/mol. The fourth-order valence-corrected chi connectivity index (χ4v) is 0.145. The van der Waals surface area contributed by atoms with Crippen molar-refractivity contribution in [1.29, 1.82) is 0 Å². The molecule has 5 heteroatoms. The topological polar surface area (TPSA) is 65.2 Å². The van der Waals surface area contributed by atoms with E-state index >= 15 is 0 Å². The zero-order valence-corrected chi connectivity index (χ0v) is 7.79. The first-order valence-corrected chi connectivity index (χ1v) is 2.10. The van der Waals surface area contributed by atoms with Gasteiger partial charge in [0, 0.05) is 29.6 Å². The number of nitrogens with zero attached hydrogens (tertiary/aromatic N) is 2. The normalized spacial score (nSPS) is 12.7. The van der Waals surface area contributed by atoms with Crippen LogP contribution in [-0.2, 0) is 0 Å². The van der Waals surface area contributed by atoms with Crippen molar-refractivity contribution < 1.29 is 10.4 Å². The third kappa shape index (κ3) is 4.44. The van der Waals surface area contributed by atoms with Gasteiger partial charge in [-0.05, 0) is 13.8 Å². The Morgan fingerprint density at radius 2 is 1.22 bits per heavy atom. The Morgan fingerprint density at radius 3 is 1.33 bits per heavy atom. The molecule has 2 N–H and O–H groups in total. The van der Waals surface area contributed by atoms with Crippen LogP contribution < -0.4 is 0 Å². The fourth-order valence-electron chi connectivity index (χ4n) is 0.145. The molecular formula is C4H8N2NaO2. The van der Waals surface area contributed by atoms with Crippen molar-refractivity contribution in [1.82, 2.24) is 0 Å². The molecule has 0 saturated carbocycles. The van der Waals surface area contributed by atoms with E-state index in [-0.39, 0.29) is 29.6 Å². The van der Waals surface area contributed by atoms with E-state index in [2.05, 4.69) is 10.3 Å². The van der Waals surface area contributed by atoms with Crippen LogP contribution in [0.1, 0.15) is 13.8 Å². The molecule has 0 amide bonds. The summed E-state index contributed by atoms with van der Waals surface area (Å²) in [5.41, 5.74) is 0.625.